The second-order valence-corrected chi connectivity index (χ2v) is 5.81. The Hall–Kier alpha value is -1.10. The third-order valence-corrected chi connectivity index (χ3v) is 4.36. The summed E-state index contributed by atoms with van der Waals surface area (Å²) in [6.45, 7) is 5.02. The molecule has 1 saturated heterocycles. The zero-order chi connectivity index (χ0) is 14.0. The van der Waals surface area contributed by atoms with Crippen LogP contribution in [0, 0.1) is 5.92 Å². The van der Waals surface area contributed by atoms with Gasteiger partial charge < -0.3 is 15.0 Å². The average Bonchev–Trinajstić information content (AvgIpc) is 3.20. The van der Waals surface area contributed by atoms with Crippen molar-refractivity contribution in [3.8, 4) is 0 Å². The highest BCUT2D eigenvalue weighted by Gasteiger charge is 2.56. The number of methoxy groups -OCH3 is 1. The number of nitrogens with zero attached hydrogens (tertiary/aromatic N) is 1. The summed E-state index contributed by atoms with van der Waals surface area (Å²) >= 11 is 0. The second kappa shape index (κ2) is 5.49. The normalized spacial score (nSPS) is 31.5. The van der Waals surface area contributed by atoms with Crippen molar-refractivity contribution in [2.75, 3.05) is 20.3 Å². The van der Waals surface area contributed by atoms with Gasteiger partial charge in [-0.05, 0) is 45.4 Å². The van der Waals surface area contributed by atoms with Crippen molar-refractivity contribution in [3.63, 3.8) is 0 Å². The van der Waals surface area contributed by atoms with Gasteiger partial charge in [-0.25, -0.2) is 0 Å². The van der Waals surface area contributed by atoms with Gasteiger partial charge in [-0.3, -0.25) is 9.59 Å². The van der Waals surface area contributed by atoms with Crippen LogP contribution in [-0.4, -0.2) is 48.6 Å². The molecule has 1 N–H and O–H groups in total. The lowest BCUT2D eigenvalue weighted by atomic mass is 9.88. The highest BCUT2D eigenvalue weighted by atomic mass is 16.5. The van der Waals surface area contributed by atoms with E-state index in [1.54, 1.807) is 14.0 Å². The summed E-state index contributed by atoms with van der Waals surface area (Å²) < 4.78 is 5.03. The first-order chi connectivity index (χ1) is 9.01. The quantitative estimate of drug-likeness (QED) is 0.729. The molecule has 1 aliphatic carbocycles. The standard InChI is InChI=1S/C14H24N2O3/c1-10-12(17)16(8-4-5-9-19-3)14(2,11-6-7-11)13(18)15-10/h10-11H,4-9H2,1-3H3,(H,15,18). The van der Waals surface area contributed by atoms with Crippen molar-refractivity contribution in [1.82, 2.24) is 10.2 Å². The Bertz CT molecular complexity index is 368. The Kier molecular flexibility index (Phi) is 4.13. The third kappa shape index (κ3) is 2.61. The predicted molar refractivity (Wildman–Crippen MR) is 71.6 cm³/mol. The summed E-state index contributed by atoms with van der Waals surface area (Å²) in [6, 6.07) is -0.401. The Morgan fingerprint density at radius 3 is 2.63 bits per heavy atom. The van der Waals surface area contributed by atoms with Gasteiger partial charge in [0.15, 0.2) is 0 Å². The van der Waals surface area contributed by atoms with Gasteiger partial charge in [0.05, 0.1) is 0 Å². The number of ether oxygens (including phenoxy) is 1. The Morgan fingerprint density at radius 2 is 2.05 bits per heavy atom. The van der Waals surface area contributed by atoms with Gasteiger partial charge in [0.1, 0.15) is 11.6 Å². The molecule has 1 heterocycles. The highest BCUT2D eigenvalue weighted by Crippen LogP contribution is 2.44. The highest BCUT2D eigenvalue weighted by molar-refractivity contribution is 5.99. The number of hydrogen-bond donors (Lipinski definition) is 1. The number of amides is 2. The number of carbonyl (C=O) groups is 2. The Morgan fingerprint density at radius 1 is 1.37 bits per heavy atom. The van der Waals surface area contributed by atoms with E-state index < -0.39 is 11.6 Å². The zero-order valence-corrected chi connectivity index (χ0v) is 12.1. The predicted octanol–water partition coefficient (Wildman–Crippen LogP) is 0.929. The molecule has 2 unspecified atom stereocenters. The van der Waals surface area contributed by atoms with E-state index in [4.69, 9.17) is 4.74 Å². The molecule has 0 aromatic rings. The summed E-state index contributed by atoms with van der Waals surface area (Å²) in [7, 11) is 1.68. The fourth-order valence-corrected chi connectivity index (χ4v) is 2.90. The molecule has 0 radical (unpaired) electrons. The molecule has 5 heteroatoms. The minimum absolute atomic E-state index is 0.00819. The lowest BCUT2D eigenvalue weighted by Crippen LogP contribution is -2.69. The molecule has 2 rings (SSSR count). The third-order valence-electron chi connectivity index (χ3n) is 4.36. The molecular formula is C14H24N2O3. The monoisotopic (exact) mass is 268 g/mol. The maximum Gasteiger partial charge on any atom is 0.246 e. The van der Waals surface area contributed by atoms with Gasteiger partial charge in [0.25, 0.3) is 0 Å². The lowest BCUT2D eigenvalue weighted by molar-refractivity contribution is -0.157. The number of rotatable bonds is 6. The summed E-state index contributed by atoms with van der Waals surface area (Å²) in [5.41, 5.74) is -0.642. The smallest absolute Gasteiger partial charge is 0.246 e. The van der Waals surface area contributed by atoms with Gasteiger partial charge in [0, 0.05) is 20.3 Å². The first kappa shape index (κ1) is 14.3. The van der Waals surface area contributed by atoms with E-state index in [0.29, 0.717) is 19.1 Å². The van der Waals surface area contributed by atoms with E-state index >= 15 is 0 Å². The first-order valence-corrected chi connectivity index (χ1v) is 7.13. The largest absolute Gasteiger partial charge is 0.385 e. The van der Waals surface area contributed by atoms with E-state index in [9.17, 15) is 9.59 Å². The Balaban J connectivity index is 2.08. The molecule has 0 aromatic heterocycles. The van der Waals surface area contributed by atoms with Crippen LogP contribution in [0.3, 0.4) is 0 Å². The van der Waals surface area contributed by atoms with Crippen molar-refractivity contribution < 1.29 is 14.3 Å². The number of unbranched alkanes of at least 4 members (excludes halogenated alkanes) is 1. The molecule has 0 bridgehead atoms. The Labute approximate surface area is 114 Å². The number of hydrogen-bond acceptors (Lipinski definition) is 3. The van der Waals surface area contributed by atoms with Crippen LogP contribution in [0.25, 0.3) is 0 Å². The van der Waals surface area contributed by atoms with E-state index in [1.165, 1.54) is 0 Å². The van der Waals surface area contributed by atoms with E-state index in [2.05, 4.69) is 5.32 Å². The maximum atomic E-state index is 12.4. The molecule has 2 amide bonds. The van der Waals surface area contributed by atoms with Crippen molar-refractivity contribution >= 4 is 11.8 Å². The fraction of sp³-hybridized carbons (Fsp3) is 0.857. The van der Waals surface area contributed by atoms with Gasteiger partial charge in [-0.2, -0.15) is 0 Å². The number of nitrogens with one attached hydrogen (secondary N) is 1. The van der Waals surface area contributed by atoms with Crippen LogP contribution in [0.5, 0.6) is 0 Å². The molecule has 5 nitrogen and oxygen atoms in total. The van der Waals surface area contributed by atoms with Crippen LogP contribution in [0.1, 0.15) is 39.5 Å². The summed E-state index contributed by atoms with van der Waals surface area (Å²) in [5, 5.41) is 2.82. The first-order valence-electron chi connectivity index (χ1n) is 7.13. The van der Waals surface area contributed by atoms with Crippen LogP contribution in [0.2, 0.25) is 0 Å². The minimum atomic E-state index is -0.642. The van der Waals surface area contributed by atoms with E-state index in [-0.39, 0.29) is 11.8 Å². The summed E-state index contributed by atoms with van der Waals surface area (Å²) in [4.78, 5) is 26.5. The molecule has 19 heavy (non-hydrogen) atoms. The molecular weight excluding hydrogens is 244 g/mol. The lowest BCUT2D eigenvalue weighted by Gasteiger charge is -2.46. The van der Waals surface area contributed by atoms with Crippen LogP contribution in [-0.2, 0) is 14.3 Å². The molecule has 2 aliphatic rings. The van der Waals surface area contributed by atoms with Gasteiger partial charge in [-0.15, -0.1) is 0 Å². The molecule has 1 saturated carbocycles. The molecule has 108 valence electrons. The van der Waals surface area contributed by atoms with Crippen LogP contribution >= 0.6 is 0 Å². The molecule has 0 aromatic carbocycles. The van der Waals surface area contributed by atoms with Crippen LogP contribution in [0.15, 0.2) is 0 Å². The number of carbonyl (C=O) groups excluding carboxylic acids is 2. The van der Waals surface area contributed by atoms with Gasteiger partial charge in [-0.1, -0.05) is 0 Å². The fourth-order valence-electron chi connectivity index (χ4n) is 2.90. The molecule has 1 aliphatic heterocycles. The zero-order valence-electron chi connectivity index (χ0n) is 12.1. The number of piperazine rings is 1. The van der Waals surface area contributed by atoms with Crippen LogP contribution in [0.4, 0.5) is 0 Å². The van der Waals surface area contributed by atoms with Crippen molar-refractivity contribution in [1.29, 1.82) is 0 Å². The molecule has 0 spiro atoms. The SMILES string of the molecule is COCCCCN1C(=O)C(C)NC(=O)C1(C)C1CC1. The second-order valence-electron chi connectivity index (χ2n) is 5.81. The summed E-state index contributed by atoms with van der Waals surface area (Å²) in [5.74, 6) is 0.381. The van der Waals surface area contributed by atoms with Crippen molar-refractivity contribution in [2.24, 2.45) is 5.92 Å². The minimum Gasteiger partial charge on any atom is -0.385 e. The van der Waals surface area contributed by atoms with Gasteiger partial charge >= 0.3 is 0 Å². The molecule has 2 atom stereocenters. The van der Waals surface area contributed by atoms with E-state index in [0.717, 1.165) is 25.7 Å². The van der Waals surface area contributed by atoms with Gasteiger partial charge in [0.2, 0.25) is 11.8 Å². The van der Waals surface area contributed by atoms with Crippen molar-refractivity contribution in [2.45, 2.75) is 51.1 Å². The van der Waals surface area contributed by atoms with Crippen molar-refractivity contribution in [3.05, 3.63) is 0 Å². The average molecular weight is 268 g/mol. The topological polar surface area (TPSA) is 58.6 Å². The van der Waals surface area contributed by atoms with Crippen LogP contribution < -0.4 is 5.32 Å². The molecule has 2 fully saturated rings. The summed E-state index contributed by atoms with van der Waals surface area (Å²) in [6.07, 6.45) is 3.87. The van der Waals surface area contributed by atoms with E-state index in [1.807, 2.05) is 11.8 Å². The maximum absolute atomic E-state index is 12.4.